The minimum Gasteiger partial charge on any atom is -0.493 e. The molecule has 1 aliphatic heterocycles. The number of nitrogens with zero attached hydrogens (tertiary/aromatic N) is 1. The molecule has 0 radical (unpaired) electrons. The lowest BCUT2D eigenvalue weighted by Crippen LogP contribution is -2.37. The molecule has 2 aromatic carbocycles. The van der Waals surface area contributed by atoms with Gasteiger partial charge in [-0.3, -0.25) is 9.69 Å². The van der Waals surface area contributed by atoms with Gasteiger partial charge in [0.2, 0.25) is 0 Å². The van der Waals surface area contributed by atoms with Crippen molar-refractivity contribution in [2.24, 2.45) is 0 Å². The summed E-state index contributed by atoms with van der Waals surface area (Å²) in [5, 5.41) is 0. The highest BCUT2D eigenvalue weighted by molar-refractivity contribution is 6.14. The van der Waals surface area contributed by atoms with Crippen molar-refractivity contribution in [3.8, 4) is 23.0 Å². The van der Waals surface area contributed by atoms with E-state index in [1.54, 1.807) is 28.4 Å². The van der Waals surface area contributed by atoms with Crippen LogP contribution in [0, 0.1) is 0 Å². The Morgan fingerprint density at radius 3 is 1.52 bits per heavy atom. The second-order valence-corrected chi connectivity index (χ2v) is 7.20. The number of piperidine rings is 1. The van der Waals surface area contributed by atoms with E-state index in [9.17, 15) is 4.79 Å². The summed E-state index contributed by atoms with van der Waals surface area (Å²) in [7, 11) is 6.41. The van der Waals surface area contributed by atoms with Gasteiger partial charge in [0.15, 0.2) is 28.8 Å². The fourth-order valence-corrected chi connectivity index (χ4v) is 3.62. The number of Topliss-reactive ketones (excluding diaryl/α,β-unsaturated/α-hetero) is 1. The molecule has 6 nitrogen and oxygen atoms in total. The van der Waals surface area contributed by atoms with Gasteiger partial charge >= 0.3 is 0 Å². The summed E-state index contributed by atoms with van der Waals surface area (Å²) in [6.45, 7) is 4.15. The number of ketones is 1. The Kier molecular flexibility index (Phi) is 7.36. The highest BCUT2D eigenvalue weighted by Crippen LogP contribution is 2.31. The van der Waals surface area contributed by atoms with Crippen LogP contribution in [-0.4, -0.2) is 58.8 Å². The van der Waals surface area contributed by atoms with Gasteiger partial charge in [-0.1, -0.05) is 19.1 Å². The number of carbonyl (C=O) groups is 1. The summed E-state index contributed by atoms with van der Waals surface area (Å²) in [5.41, 5.74) is 3.27. The van der Waals surface area contributed by atoms with Crippen LogP contribution in [0.25, 0.3) is 12.2 Å². The molecule has 1 saturated heterocycles. The van der Waals surface area contributed by atoms with Gasteiger partial charge in [0, 0.05) is 24.2 Å². The van der Waals surface area contributed by atoms with E-state index in [4.69, 9.17) is 18.9 Å². The monoisotopic (exact) mass is 423 g/mol. The predicted octanol–water partition coefficient (Wildman–Crippen LogP) is 4.09. The number of likely N-dealkylation sites (N-methyl/N-ethyl adjacent to an activating group) is 1. The van der Waals surface area contributed by atoms with Gasteiger partial charge < -0.3 is 18.9 Å². The van der Waals surface area contributed by atoms with Crippen LogP contribution in [0.4, 0.5) is 0 Å². The topological polar surface area (TPSA) is 57.2 Å². The number of methoxy groups -OCH3 is 4. The zero-order chi connectivity index (χ0) is 22.4. The Morgan fingerprint density at radius 2 is 1.16 bits per heavy atom. The number of hydrogen-bond acceptors (Lipinski definition) is 6. The van der Waals surface area contributed by atoms with Crippen molar-refractivity contribution >= 4 is 17.9 Å². The van der Waals surface area contributed by atoms with Crippen molar-refractivity contribution in [2.75, 3.05) is 48.1 Å². The van der Waals surface area contributed by atoms with E-state index in [1.165, 1.54) is 0 Å². The quantitative estimate of drug-likeness (QED) is 0.625. The van der Waals surface area contributed by atoms with E-state index < -0.39 is 0 Å². The Morgan fingerprint density at radius 1 is 0.742 bits per heavy atom. The Balaban J connectivity index is 1.96. The van der Waals surface area contributed by atoms with Gasteiger partial charge in [0.25, 0.3) is 0 Å². The van der Waals surface area contributed by atoms with Gasteiger partial charge in [-0.05, 0) is 54.1 Å². The molecule has 0 saturated carbocycles. The lowest BCUT2D eigenvalue weighted by Gasteiger charge is -2.28. The van der Waals surface area contributed by atoms with E-state index in [1.807, 2.05) is 48.6 Å². The third kappa shape index (κ3) is 5.09. The maximum Gasteiger partial charge on any atom is 0.187 e. The summed E-state index contributed by atoms with van der Waals surface area (Å²) in [6.07, 6.45) is 3.85. The van der Waals surface area contributed by atoms with Crippen LogP contribution >= 0.6 is 0 Å². The Labute approximate surface area is 183 Å². The largest absolute Gasteiger partial charge is 0.493 e. The van der Waals surface area contributed by atoms with E-state index in [2.05, 4.69) is 11.8 Å². The molecule has 164 valence electrons. The van der Waals surface area contributed by atoms with Gasteiger partial charge in [-0.2, -0.15) is 0 Å². The molecule has 6 heteroatoms. The molecule has 1 aliphatic rings. The SMILES string of the molecule is CCN1C/C(=C\c2ccc(OC)c(OC)c2)C(=O)/C(=C/c2ccc(OC)c(OC)c2)C1. The van der Waals surface area contributed by atoms with Crippen LogP contribution in [0.2, 0.25) is 0 Å². The number of rotatable bonds is 7. The van der Waals surface area contributed by atoms with Crippen LogP contribution in [-0.2, 0) is 4.79 Å². The molecule has 2 aromatic rings. The standard InChI is InChI=1S/C25H29NO5/c1-6-26-15-19(11-17-7-9-21(28-2)23(13-17)30-4)25(27)20(16-26)12-18-8-10-22(29-3)24(14-18)31-5/h7-14H,6,15-16H2,1-5H3/b19-11+,20-12+. The van der Waals surface area contributed by atoms with Gasteiger partial charge in [0.1, 0.15) is 0 Å². The summed E-state index contributed by atoms with van der Waals surface area (Å²) in [6, 6.07) is 11.3. The van der Waals surface area contributed by atoms with Gasteiger partial charge in [-0.15, -0.1) is 0 Å². The van der Waals surface area contributed by atoms with Crippen molar-refractivity contribution in [3.05, 3.63) is 58.7 Å². The molecule has 0 N–H and O–H groups in total. The second-order valence-electron chi connectivity index (χ2n) is 7.20. The van der Waals surface area contributed by atoms with Crippen molar-refractivity contribution in [1.29, 1.82) is 0 Å². The zero-order valence-electron chi connectivity index (χ0n) is 18.7. The highest BCUT2D eigenvalue weighted by atomic mass is 16.5. The summed E-state index contributed by atoms with van der Waals surface area (Å²) < 4.78 is 21.4. The molecular weight excluding hydrogens is 394 g/mol. The second kappa shape index (κ2) is 10.2. The molecule has 0 bridgehead atoms. The maximum atomic E-state index is 13.3. The van der Waals surface area contributed by atoms with E-state index >= 15 is 0 Å². The first-order valence-corrected chi connectivity index (χ1v) is 10.1. The average molecular weight is 424 g/mol. The lowest BCUT2D eigenvalue weighted by atomic mass is 9.94. The smallest absolute Gasteiger partial charge is 0.187 e. The molecule has 1 heterocycles. The number of carbonyl (C=O) groups excluding carboxylic acids is 1. The van der Waals surface area contributed by atoms with Crippen LogP contribution in [0.1, 0.15) is 18.1 Å². The average Bonchev–Trinajstić information content (AvgIpc) is 2.81. The highest BCUT2D eigenvalue weighted by Gasteiger charge is 2.25. The summed E-state index contributed by atoms with van der Waals surface area (Å²) >= 11 is 0. The van der Waals surface area contributed by atoms with E-state index in [-0.39, 0.29) is 5.78 Å². The van der Waals surface area contributed by atoms with Crippen molar-refractivity contribution < 1.29 is 23.7 Å². The predicted molar refractivity (Wildman–Crippen MR) is 122 cm³/mol. The minimum absolute atomic E-state index is 0.0502. The first kappa shape index (κ1) is 22.4. The maximum absolute atomic E-state index is 13.3. The molecule has 1 fully saturated rings. The number of hydrogen-bond donors (Lipinski definition) is 0. The van der Waals surface area contributed by atoms with Gasteiger partial charge in [-0.25, -0.2) is 0 Å². The van der Waals surface area contributed by atoms with Crippen molar-refractivity contribution in [2.45, 2.75) is 6.92 Å². The Bertz CT molecular complexity index is 931. The molecule has 0 unspecified atom stereocenters. The van der Waals surface area contributed by atoms with Crippen molar-refractivity contribution in [1.82, 2.24) is 4.90 Å². The number of ether oxygens (including phenoxy) is 4. The fourth-order valence-electron chi connectivity index (χ4n) is 3.62. The summed E-state index contributed by atoms with van der Waals surface area (Å²) in [4.78, 5) is 15.5. The molecular formula is C25H29NO5. The van der Waals surface area contributed by atoms with E-state index in [0.29, 0.717) is 36.1 Å². The van der Waals surface area contributed by atoms with Crippen LogP contribution in [0.5, 0.6) is 23.0 Å². The first-order valence-electron chi connectivity index (χ1n) is 10.1. The van der Waals surface area contributed by atoms with Crippen LogP contribution in [0.3, 0.4) is 0 Å². The molecule has 0 aliphatic carbocycles. The van der Waals surface area contributed by atoms with Crippen molar-refractivity contribution in [3.63, 3.8) is 0 Å². The third-order valence-corrected chi connectivity index (χ3v) is 5.32. The molecule has 3 rings (SSSR count). The molecule has 0 aromatic heterocycles. The first-order chi connectivity index (χ1) is 15.0. The normalized spacial score (nSPS) is 17.1. The lowest BCUT2D eigenvalue weighted by molar-refractivity contribution is -0.113. The molecule has 31 heavy (non-hydrogen) atoms. The van der Waals surface area contributed by atoms with E-state index in [0.717, 1.165) is 28.8 Å². The molecule has 0 amide bonds. The fraction of sp³-hybridized carbons (Fsp3) is 0.320. The Hall–Kier alpha value is -3.25. The summed E-state index contributed by atoms with van der Waals surface area (Å²) in [5.74, 6) is 2.63. The van der Waals surface area contributed by atoms with Gasteiger partial charge in [0.05, 0.1) is 28.4 Å². The number of benzene rings is 2. The molecule has 0 atom stereocenters. The third-order valence-electron chi connectivity index (χ3n) is 5.32. The van der Waals surface area contributed by atoms with Crippen LogP contribution in [0.15, 0.2) is 47.5 Å². The van der Waals surface area contributed by atoms with Crippen LogP contribution < -0.4 is 18.9 Å². The minimum atomic E-state index is 0.0502. The molecule has 0 spiro atoms. The number of likely N-dealkylation sites (tertiary alicyclic amines) is 1. The zero-order valence-corrected chi connectivity index (χ0v) is 18.7.